The number of anilines is 1. The molecule has 0 aliphatic carbocycles. The maximum absolute atomic E-state index is 10.5. The van der Waals surface area contributed by atoms with Gasteiger partial charge in [0.15, 0.2) is 11.5 Å². The summed E-state index contributed by atoms with van der Waals surface area (Å²) in [6, 6.07) is 10.5. The Hall–Kier alpha value is -2.75. The van der Waals surface area contributed by atoms with Gasteiger partial charge in [-0.15, -0.1) is 0 Å². The van der Waals surface area contributed by atoms with E-state index in [2.05, 4.69) is 36.1 Å². The molecule has 0 aromatic heterocycles. The van der Waals surface area contributed by atoms with Crippen LogP contribution in [0.4, 0.5) is 5.69 Å². The molecule has 1 N–H and O–H groups in total. The zero-order chi connectivity index (χ0) is 17.1. The van der Waals surface area contributed by atoms with E-state index >= 15 is 0 Å². The molecule has 0 unspecified atom stereocenters. The van der Waals surface area contributed by atoms with Gasteiger partial charge in [-0.05, 0) is 55.5 Å². The van der Waals surface area contributed by atoms with Crippen molar-refractivity contribution < 1.29 is 9.84 Å². The van der Waals surface area contributed by atoms with Crippen molar-refractivity contribution >= 4 is 11.3 Å². The number of nitrogens with zero attached hydrogens (tertiary/aromatic N) is 2. The standard InChI is InChI=1S/C21H20N2O2/c1-12-3-4-13-14-9-10-23-17-7-8-19(25-2)21(24)15(17)5-6-18(23)20(14)22-16(13)11-12/h3-4,7-8,11,24H,5-6,9-10H2,1-2H3. The topological polar surface area (TPSA) is 45.1 Å². The molecule has 5 rings (SSSR count). The summed E-state index contributed by atoms with van der Waals surface area (Å²) in [6.07, 6.45) is 2.68. The van der Waals surface area contributed by atoms with Crippen molar-refractivity contribution in [1.82, 2.24) is 0 Å². The molecule has 2 aromatic rings. The molecule has 4 nitrogen and oxygen atoms in total. The maximum Gasteiger partial charge on any atom is 0.163 e. The highest BCUT2D eigenvalue weighted by Crippen LogP contribution is 2.46. The molecular weight excluding hydrogens is 312 g/mol. The Morgan fingerprint density at radius 3 is 2.84 bits per heavy atom. The van der Waals surface area contributed by atoms with Crippen LogP contribution >= 0.6 is 0 Å². The molecule has 25 heavy (non-hydrogen) atoms. The minimum atomic E-state index is 0.279. The number of ether oxygens (including phenoxy) is 1. The second kappa shape index (κ2) is 5.12. The van der Waals surface area contributed by atoms with Crippen LogP contribution in [0.25, 0.3) is 5.57 Å². The fourth-order valence-electron chi connectivity index (χ4n) is 4.31. The molecule has 0 saturated heterocycles. The van der Waals surface area contributed by atoms with Crippen molar-refractivity contribution in [2.75, 3.05) is 18.6 Å². The van der Waals surface area contributed by atoms with Crippen molar-refractivity contribution in [1.29, 1.82) is 0 Å². The highest BCUT2D eigenvalue weighted by Gasteiger charge is 2.32. The third kappa shape index (κ3) is 1.97. The Balaban J connectivity index is 1.70. The van der Waals surface area contributed by atoms with Gasteiger partial charge in [0.2, 0.25) is 0 Å². The Labute approximate surface area is 146 Å². The van der Waals surface area contributed by atoms with Crippen LogP contribution in [0, 0.1) is 6.92 Å². The molecule has 0 atom stereocenters. The Morgan fingerprint density at radius 1 is 1.12 bits per heavy atom. The zero-order valence-corrected chi connectivity index (χ0v) is 14.5. The first-order chi connectivity index (χ1) is 12.2. The molecule has 4 heteroatoms. The molecule has 3 aliphatic rings. The highest BCUT2D eigenvalue weighted by atomic mass is 16.5. The monoisotopic (exact) mass is 332 g/mol. The van der Waals surface area contributed by atoms with Gasteiger partial charge in [-0.2, -0.15) is 0 Å². The van der Waals surface area contributed by atoms with Gasteiger partial charge in [0.25, 0.3) is 0 Å². The number of hydrogen-bond acceptors (Lipinski definition) is 4. The van der Waals surface area contributed by atoms with Crippen LogP contribution in [0.3, 0.4) is 0 Å². The predicted octanol–water partition coefficient (Wildman–Crippen LogP) is 2.56. The van der Waals surface area contributed by atoms with E-state index in [-0.39, 0.29) is 5.75 Å². The Kier molecular flexibility index (Phi) is 2.99. The fraction of sp³-hybridized carbons (Fsp3) is 0.286. The molecule has 3 aliphatic heterocycles. The van der Waals surface area contributed by atoms with Gasteiger partial charge < -0.3 is 14.7 Å². The van der Waals surface area contributed by atoms with E-state index in [1.807, 2.05) is 6.07 Å². The minimum Gasteiger partial charge on any atom is -0.504 e. The second-order valence-corrected chi connectivity index (χ2v) is 6.92. The molecule has 0 saturated carbocycles. The summed E-state index contributed by atoms with van der Waals surface area (Å²) in [5, 5.41) is 12.9. The van der Waals surface area contributed by atoms with Gasteiger partial charge >= 0.3 is 0 Å². The van der Waals surface area contributed by atoms with Crippen molar-refractivity contribution in [3.8, 4) is 11.5 Å². The Bertz CT molecular complexity index is 1070. The summed E-state index contributed by atoms with van der Waals surface area (Å²) in [4.78, 5) is 7.29. The van der Waals surface area contributed by atoms with E-state index in [9.17, 15) is 5.11 Å². The summed E-state index contributed by atoms with van der Waals surface area (Å²) in [6.45, 7) is 3.04. The first-order valence-electron chi connectivity index (χ1n) is 8.76. The number of allylic oxidation sites excluding steroid dienone is 2. The number of phenolic OH excluding ortho intramolecular Hbond substituents is 1. The normalized spacial score (nSPS) is 17.5. The molecule has 3 heterocycles. The second-order valence-electron chi connectivity index (χ2n) is 6.92. The summed E-state index contributed by atoms with van der Waals surface area (Å²) >= 11 is 0. The van der Waals surface area contributed by atoms with E-state index in [1.165, 1.54) is 22.1 Å². The molecular formula is C21H20N2O2. The highest BCUT2D eigenvalue weighted by molar-refractivity contribution is 5.77. The molecule has 0 amide bonds. The fourth-order valence-corrected chi connectivity index (χ4v) is 4.31. The Morgan fingerprint density at radius 2 is 2.00 bits per heavy atom. The van der Waals surface area contributed by atoms with Gasteiger partial charge in [-0.1, -0.05) is 12.1 Å². The van der Waals surface area contributed by atoms with E-state index in [4.69, 9.17) is 9.73 Å². The lowest BCUT2D eigenvalue weighted by molar-refractivity contribution is 0.370. The molecule has 0 fully saturated rings. The smallest absolute Gasteiger partial charge is 0.163 e. The number of aryl methyl sites for hydroxylation is 1. The minimum absolute atomic E-state index is 0.279. The number of phenols is 1. The van der Waals surface area contributed by atoms with Crippen molar-refractivity contribution in [3.63, 3.8) is 0 Å². The van der Waals surface area contributed by atoms with Crippen LogP contribution in [0.15, 0.2) is 46.7 Å². The van der Waals surface area contributed by atoms with Crippen molar-refractivity contribution in [2.24, 2.45) is 4.99 Å². The average molecular weight is 332 g/mol. The third-order valence-electron chi connectivity index (χ3n) is 5.52. The van der Waals surface area contributed by atoms with Crippen LogP contribution in [-0.2, 0) is 6.42 Å². The number of aromatic hydroxyl groups is 1. The molecule has 0 bridgehead atoms. The quantitative estimate of drug-likeness (QED) is 0.873. The van der Waals surface area contributed by atoms with Crippen molar-refractivity contribution in [2.45, 2.75) is 26.2 Å². The van der Waals surface area contributed by atoms with E-state index in [0.29, 0.717) is 5.75 Å². The summed E-state index contributed by atoms with van der Waals surface area (Å²) in [5.74, 6) is 0.827. The number of methoxy groups -OCH3 is 1. The lowest BCUT2D eigenvalue weighted by atomic mass is 9.91. The maximum atomic E-state index is 10.5. The van der Waals surface area contributed by atoms with Crippen molar-refractivity contribution in [3.05, 3.63) is 63.4 Å². The molecule has 0 radical (unpaired) electrons. The van der Waals surface area contributed by atoms with Gasteiger partial charge in [0, 0.05) is 28.7 Å². The summed E-state index contributed by atoms with van der Waals surface area (Å²) < 4.78 is 5.27. The first-order valence-corrected chi connectivity index (χ1v) is 8.76. The van der Waals surface area contributed by atoms with E-state index < -0.39 is 0 Å². The van der Waals surface area contributed by atoms with Gasteiger partial charge in [0.05, 0.1) is 18.2 Å². The zero-order valence-electron chi connectivity index (χ0n) is 14.5. The van der Waals surface area contributed by atoms with Crippen LogP contribution in [-0.4, -0.2) is 18.8 Å². The van der Waals surface area contributed by atoms with Crippen LogP contribution < -0.4 is 20.2 Å². The largest absolute Gasteiger partial charge is 0.504 e. The van der Waals surface area contributed by atoms with Gasteiger partial charge in [0.1, 0.15) is 0 Å². The van der Waals surface area contributed by atoms with Gasteiger partial charge in [-0.25, -0.2) is 4.99 Å². The average Bonchev–Trinajstić information content (AvgIpc) is 2.99. The number of hydrogen-bond donors (Lipinski definition) is 1. The first kappa shape index (κ1) is 14.6. The number of rotatable bonds is 1. The molecule has 126 valence electrons. The SMILES string of the molecule is COc1ccc2c(c1O)CCC1=C3N=c4cc(C)ccc4=C3CCN12. The van der Waals surface area contributed by atoms with Crippen LogP contribution in [0.5, 0.6) is 11.5 Å². The van der Waals surface area contributed by atoms with E-state index in [0.717, 1.165) is 48.1 Å². The summed E-state index contributed by atoms with van der Waals surface area (Å²) in [5.41, 5.74) is 7.13. The van der Waals surface area contributed by atoms with Crippen LogP contribution in [0.1, 0.15) is 24.0 Å². The molecule has 2 aromatic carbocycles. The van der Waals surface area contributed by atoms with Gasteiger partial charge in [-0.3, -0.25) is 0 Å². The third-order valence-corrected chi connectivity index (χ3v) is 5.52. The summed E-state index contributed by atoms with van der Waals surface area (Å²) in [7, 11) is 1.59. The molecule has 0 spiro atoms. The number of benzene rings is 2. The lowest BCUT2D eigenvalue weighted by Crippen LogP contribution is -2.33. The van der Waals surface area contributed by atoms with E-state index in [1.54, 1.807) is 7.11 Å². The predicted molar refractivity (Wildman–Crippen MR) is 97.3 cm³/mol. The van der Waals surface area contributed by atoms with Crippen LogP contribution in [0.2, 0.25) is 0 Å². The lowest BCUT2D eigenvalue weighted by Gasteiger charge is -2.38. The number of fused-ring (bicyclic) bond motifs is 5.